The summed E-state index contributed by atoms with van der Waals surface area (Å²) in [6.45, 7) is 0. The molecule has 1 aromatic heterocycles. The van der Waals surface area contributed by atoms with Crippen molar-refractivity contribution in [2.75, 3.05) is 0 Å². The summed E-state index contributed by atoms with van der Waals surface area (Å²) in [6.07, 6.45) is 0. The Morgan fingerprint density at radius 2 is 2.10 bits per heavy atom. The minimum absolute atomic E-state index is 0.0232. The van der Waals surface area contributed by atoms with Gasteiger partial charge in [-0.15, -0.1) is 0 Å². The molecule has 0 unspecified atom stereocenters. The molecule has 0 nitrogen and oxygen atoms in total. The third-order valence-corrected chi connectivity index (χ3v) is 4.11. The molecule has 0 aliphatic rings. The van der Waals surface area contributed by atoms with Crippen molar-refractivity contribution in [3.05, 3.63) is 34.2 Å². The monoisotopic (exact) mass is 250 g/mol. The fraction of sp³-hybridized carbons (Fsp3) is 0. The third kappa shape index (κ3) is 0.885. The van der Waals surface area contributed by atoms with Gasteiger partial charge in [0.1, 0.15) is 0 Å². The quantitative estimate of drug-likeness (QED) is 0.625. The van der Waals surface area contributed by atoms with E-state index in [1.54, 1.807) is 6.07 Å². The second-order valence-electron chi connectivity index (χ2n) is 2.08. The van der Waals surface area contributed by atoms with Gasteiger partial charge < -0.3 is 0 Å². The zero-order chi connectivity index (χ0) is 6.97. The zero-order valence-electron chi connectivity index (χ0n) is 5.17. The van der Waals surface area contributed by atoms with Crippen molar-refractivity contribution in [2.24, 2.45) is 0 Å². The molecular formula is C8H5FTe. The average Bonchev–Trinajstić information content (AvgIpc) is 2.36. The van der Waals surface area contributed by atoms with Crippen LogP contribution < -0.4 is 0 Å². The summed E-state index contributed by atoms with van der Waals surface area (Å²) in [5.74, 6) is -0.0232. The van der Waals surface area contributed by atoms with E-state index < -0.39 is 0 Å². The number of rotatable bonds is 0. The Hall–Kier alpha value is -0.320. The molecule has 0 N–H and O–H groups in total. The summed E-state index contributed by atoms with van der Waals surface area (Å²) in [6, 6.07) is 7.28. The summed E-state index contributed by atoms with van der Waals surface area (Å²) in [5.41, 5.74) is 0. The molecule has 50 valence electrons. The maximum atomic E-state index is 12.9. The summed E-state index contributed by atoms with van der Waals surface area (Å²) in [7, 11) is 0. The van der Waals surface area contributed by atoms with Gasteiger partial charge in [0.05, 0.1) is 0 Å². The van der Waals surface area contributed by atoms with E-state index in [0.29, 0.717) is 0 Å². The first-order valence-corrected chi connectivity index (χ1v) is 5.51. The van der Waals surface area contributed by atoms with Crippen LogP contribution in [0, 0.1) is 5.82 Å². The van der Waals surface area contributed by atoms with Crippen LogP contribution in [0.5, 0.6) is 0 Å². The van der Waals surface area contributed by atoms with Crippen LogP contribution in [0.25, 0.3) is 8.79 Å². The van der Waals surface area contributed by atoms with Gasteiger partial charge >= 0.3 is 67.8 Å². The van der Waals surface area contributed by atoms with Gasteiger partial charge in [0.2, 0.25) is 0 Å². The van der Waals surface area contributed by atoms with Crippen LogP contribution in [0.3, 0.4) is 0 Å². The molecule has 0 aliphatic heterocycles. The Labute approximate surface area is 67.9 Å². The van der Waals surface area contributed by atoms with E-state index in [0.717, 1.165) is 8.79 Å². The zero-order valence-corrected chi connectivity index (χ0v) is 7.50. The van der Waals surface area contributed by atoms with Gasteiger partial charge in [-0.25, -0.2) is 0 Å². The van der Waals surface area contributed by atoms with E-state index >= 15 is 0 Å². The predicted molar refractivity (Wildman–Crippen MR) is 40.8 cm³/mol. The molecule has 1 aromatic carbocycles. The van der Waals surface area contributed by atoms with Gasteiger partial charge in [-0.2, -0.15) is 0 Å². The summed E-state index contributed by atoms with van der Waals surface area (Å²) < 4.78 is 16.0. The number of fused-ring (bicyclic) bond motifs is 1. The van der Waals surface area contributed by atoms with Crippen LogP contribution in [0.1, 0.15) is 0 Å². The van der Waals surface area contributed by atoms with E-state index in [4.69, 9.17) is 0 Å². The Morgan fingerprint density at radius 1 is 1.20 bits per heavy atom. The predicted octanol–water partition coefficient (Wildman–Crippen LogP) is 2.04. The van der Waals surface area contributed by atoms with Crippen LogP contribution >= 0.6 is 0 Å². The van der Waals surface area contributed by atoms with Crippen LogP contribution in [-0.4, -0.2) is 20.4 Å². The van der Waals surface area contributed by atoms with Crippen LogP contribution in [-0.2, 0) is 0 Å². The molecule has 0 fully saturated rings. The molecule has 0 amide bonds. The Morgan fingerprint density at radius 3 is 2.90 bits per heavy atom. The molecule has 2 rings (SSSR count). The van der Waals surface area contributed by atoms with Gasteiger partial charge in [0, 0.05) is 0 Å². The molecule has 10 heavy (non-hydrogen) atoms. The molecule has 0 spiro atoms. The van der Waals surface area contributed by atoms with Crippen molar-refractivity contribution in [2.45, 2.75) is 0 Å². The van der Waals surface area contributed by atoms with Crippen LogP contribution in [0.2, 0.25) is 0 Å². The summed E-state index contributed by atoms with van der Waals surface area (Å²) in [4.78, 5) is 0. The molecule has 2 aromatic rings. The van der Waals surface area contributed by atoms with Gasteiger partial charge in [0.15, 0.2) is 0 Å². The minimum atomic E-state index is -0.320. The fourth-order valence-corrected chi connectivity index (χ4v) is 3.25. The molecule has 0 saturated heterocycles. The second-order valence-corrected chi connectivity index (χ2v) is 4.69. The maximum absolute atomic E-state index is 12.9. The normalized spacial score (nSPS) is 10.5. The van der Waals surface area contributed by atoms with E-state index in [2.05, 4.69) is 4.08 Å². The topological polar surface area (TPSA) is 0 Å². The average molecular weight is 248 g/mol. The SMILES string of the molecule is Fc1cccc2cc[te]c12. The summed E-state index contributed by atoms with van der Waals surface area (Å²) >= 11 is -0.320. The van der Waals surface area contributed by atoms with Crippen molar-refractivity contribution in [1.82, 2.24) is 0 Å². The van der Waals surface area contributed by atoms with Crippen molar-refractivity contribution in [3.8, 4) is 0 Å². The molecular weight excluding hydrogens is 243 g/mol. The standard InChI is InChI=1S/C8H5FTe/c9-7-3-1-2-6-4-5-10-8(6)7/h1-5H. The Balaban J connectivity index is 2.95. The van der Waals surface area contributed by atoms with Crippen molar-refractivity contribution >= 4 is 29.2 Å². The van der Waals surface area contributed by atoms with Gasteiger partial charge in [-0.3, -0.25) is 0 Å². The van der Waals surface area contributed by atoms with Gasteiger partial charge in [-0.1, -0.05) is 0 Å². The number of benzene rings is 1. The second kappa shape index (κ2) is 2.38. The molecule has 0 bridgehead atoms. The molecule has 0 aliphatic carbocycles. The van der Waals surface area contributed by atoms with Gasteiger partial charge in [-0.05, 0) is 0 Å². The van der Waals surface area contributed by atoms with E-state index in [9.17, 15) is 4.39 Å². The first-order valence-electron chi connectivity index (χ1n) is 2.99. The van der Waals surface area contributed by atoms with Crippen molar-refractivity contribution in [1.29, 1.82) is 0 Å². The third-order valence-electron chi connectivity index (χ3n) is 1.43. The molecule has 2 heteroatoms. The van der Waals surface area contributed by atoms with Crippen LogP contribution in [0.15, 0.2) is 28.3 Å². The van der Waals surface area contributed by atoms with E-state index in [1.807, 2.05) is 12.1 Å². The van der Waals surface area contributed by atoms with E-state index in [-0.39, 0.29) is 26.2 Å². The molecule has 0 atom stereocenters. The first kappa shape index (κ1) is 6.39. The van der Waals surface area contributed by atoms with Crippen LogP contribution in [0.4, 0.5) is 4.39 Å². The van der Waals surface area contributed by atoms with Gasteiger partial charge in [0.25, 0.3) is 0 Å². The van der Waals surface area contributed by atoms with E-state index in [1.165, 1.54) is 6.07 Å². The van der Waals surface area contributed by atoms with Crippen molar-refractivity contribution in [3.63, 3.8) is 0 Å². The summed E-state index contributed by atoms with van der Waals surface area (Å²) in [5, 5.41) is 1.09. The van der Waals surface area contributed by atoms with Crippen molar-refractivity contribution < 1.29 is 4.39 Å². The fourth-order valence-electron chi connectivity index (χ4n) is 0.956. The number of hydrogen-bond acceptors (Lipinski definition) is 0. The first-order chi connectivity index (χ1) is 4.88. The molecule has 0 radical (unpaired) electrons. The Bertz CT molecular complexity index is 351. The molecule has 1 heterocycles. The Kier molecular flexibility index (Phi) is 1.52. The number of halogens is 1. The number of hydrogen-bond donors (Lipinski definition) is 0. The molecule has 0 saturated carbocycles.